The van der Waals surface area contributed by atoms with Crippen LogP contribution in [-0.4, -0.2) is 41.2 Å². The molecule has 0 saturated heterocycles. The van der Waals surface area contributed by atoms with Gasteiger partial charge in [0.05, 0.1) is 21.3 Å². The van der Waals surface area contributed by atoms with Gasteiger partial charge in [0.2, 0.25) is 0 Å². The molecule has 1 aliphatic carbocycles. The van der Waals surface area contributed by atoms with Crippen LogP contribution in [0, 0.1) is 10.5 Å². The van der Waals surface area contributed by atoms with Crippen LogP contribution in [0.4, 0.5) is 0 Å². The third-order valence-electron chi connectivity index (χ3n) is 5.46. The molecule has 27 heavy (non-hydrogen) atoms. The molecule has 0 bridgehead atoms. The summed E-state index contributed by atoms with van der Waals surface area (Å²) in [5, 5.41) is 11.6. The summed E-state index contributed by atoms with van der Waals surface area (Å²) in [6.45, 7) is 4.76. The lowest BCUT2D eigenvalue weighted by molar-refractivity contribution is 0.0527. The summed E-state index contributed by atoms with van der Waals surface area (Å²) in [4.78, 5) is 14.9. The van der Waals surface area contributed by atoms with E-state index in [0.717, 1.165) is 38.6 Å². The highest BCUT2D eigenvalue weighted by molar-refractivity contribution is 14.1. The van der Waals surface area contributed by atoms with E-state index in [-0.39, 0.29) is 11.7 Å². The first-order valence-corrected chi connectivity index (χ1v) is 10.8. The fourth-order valence-electron chi connectivity index (χ4n) is 4.36. The Morgan fingerprint density at radius 1 is 1.33 bits per heavy atom. The van der Waals surface area contributed by atoms with E-state index in [4.69, 9.17) is 4.74 Å². The maximum atomic E-state index is 12.9. The third kappa shape index (κ3) is 3.83. The van der Waals surface area contributed by atoms with E-state index in [2.05, 4.69) is 27.2 Å². The van der Waals surface area contributed by atoms with E-state index in [0.29, 0.717) is 24.8 Å². The fraction of sp³-hybridized carbons (Fsp3) is 0.571. The second kappa shape index (κ2) is 8.39. The summed E-state index contributed by atoms with van der Waals surface area (Å²) in [7, 11) is 3.94. The number of ether oxygens (including phenoxy) is 1. The van der Waals surface area contributed by atoms with Gasteiger partial charge < -0.3 is 19.3 Å². The summed E-state index contributed by atoms with van der Waals surface area (Å²) in [5.74, 6) is -0.0293. The molecule has 0 atom stereocenters. The largest absolute Gasteiger partial charge is 0.506 e. The van der Waals surface area contributed by atoms with Gasteiger partial charge in [-0.15, -0.1) is 0 Å². The molecule has 6 heteroatoms. The molecule has 0 aliphatic heterocycles. The van der Waals surface area contributed by atoms with Crippen LogP contribution in [0.25, 0.3) is 10.9 Å². The molecule has 0 amide bonds. The van der Waals surface area contributed by atoms with Crippen molar-refractivity contribution < 1.29 is 14.6 Å². The topological polar surface area (TPSA) is 54.7 Å². The number of hydrogen-bond acceptors (Lipinski definition) is 4. The third-order valence-corrected chi connectivity index (χ3v) is 6.28. The molecule has 1 heterocycles. The van der Waals surface area contributed by atoms with E-state index in [1.807, 2.05) is 38.9 Å². The maximum Gasteiger partial charge on any atom is 0.340 e. The van der Waals surface area contributed by atoms with Gasteiger partial charge in [0.25, 0.3) is 0 Å². The molecular formula is C21H29IN2O3. The van der Waals surface area contributed by atoms with E-state index in [1.54, 1.807) is 0 Å². The number of esters is 1. The first-order valence-electron chi connectivity index (χ1n) is 9.73. The maximum absolute atomic E-state index is 12.9. The Balaban J connectivity index is 2.34. The van der Waals surface area contributed by atoms with Crippen molar-refractivity contribution in [1.29, 1.82) is 0 Å². The molecule has 0 spiro atoms. The Bertz CT molecular complexity index is 851. The number of carbonyl (C=O) groups excluding carboxylic acids is 1. The average molecular weight is 484 g/mol. The fourth-order valence-corrected chi connectivity index (χ4v) is 4.98. The van der Waals surface area contributed by atoms with E-state index < -0.39 is 0 Å². The van der Waals surface area contributed by atoms with Crippen LogP contribution >= 0.6 is 22.6 Å². The summed E-state index contributed by atoms with van der Waals surface area (Å²) >= 11 is 2.19. The number of nitrogens with zero attached hydrogens (tertiary/aromatic N) is 2. The molecule has 1 aromatic heterocycles. The number of benzene rings is 1. The summed E-state index contributed by atoms with van der Waals surface area (Å²) < 4.78 is 8.55. The van der Waals surface area contributed by atoms with E-state index >= 15 is 0 Å². The molecule has 3 rings (SSSR count). The highest BCUT2D eigenvalue weighted by Crippen LogP contribution is 2.41. The van der Waals surface area contributed by atoms with Gasteiger partial charge in [-0.25, -0.2) is 4.79 Å². The Labute approximate surface area is 174 Å². The molecule has 5 nitrogen and oxygen atoms in total. The van der Waals surface area contributed by atoms with Gasteiger partial charge in [0, 0.05) is 29.2 Å². The number of carbonyl (C=O) groups is 1. The molecule has 1 aromatic carbocycles. The quantitative estimate of drug-likeness (QED) is 0.479. The van der Waals surface area contributed by atoms with Crippen molar-refractivity contribution >= 4 is 39.5 Å². The number of phenolic OH excluding ortho intramolecular Hbond substituents is 1. The predicted octanol–water partition coefficient (Wildman–Crippen LogP) is 5.00. The van der Waals surface area contributed by atoms with Crippen LogP contribution in [0.3, 0.4) is 0 Å². The Kier molecular flexibility index (Phi) is 6.35. The van der Waals surface area contributed by atoms with E-state index in [1.165, 1.54) is 19.3 Å². The van der Waals surface area contributed by atoms with Gasteiger partial charge >= 0.3 is 5.97 Å². The average Bonchev–Trinajstić information content (AvgIpc) is 2.91. The minimum atomic E-state index is -0.296. The highest BCUT2D eigenvalue weighted by atomic mass is 127. The number of aromatic nitrogens is 1. The van der Waals surface area contributed by atoms with Crippen molar-refractivity contribution in [2.75, 3.05) is 20.7 Å². The molecule has 1 aliphatic rings. The second-order valence-corrected chi connectivity index (χ2v) is 8.82. The zero-order valence-electron chi connectivity index (χ0n) is 16.6. The molecule has 148 valence electrons. The zero-order valence-corrected chi connectivity index (χ0v) is 18.8. The van der Waals surface area contributed by atoms with Crippen molar-refractivity contribution in [2.45, 2.75) is 58.5 Å². The number of fused-ring (bicyclic) bond motifs is 1. The number of hydrogen-bond donors (Lipinski definition) is 1. The lowest BCUT2D eigenvalue weighted by atomic mass is 9.95. The first-order chi connectivity index (χ1) is 12.9. The normalized spacial score (nSPS) is 15.6. The van der Waals surface area contributed by atoms with Crippen molar-refractivity contribution in [1.82, 2.24) is 9.47 Å². The second-order valence-electron chi connectivity index (χ2n) is 7.66. The minimum absolute atomic E-state index is 0.267. The lowest BCUT2D eigenvalue weighted by Gasteiger charge is -2.26. The molecule has 2 aromatic rings. The number of rotatable bonds is 5. The SMILES string of the molecule is CCOC(=O)c1c(C)n(C2CCCCC2)c2cc(I)c(O)c(CN(C)C)c12. The Morgan fingerprint density at radius 2 is 2.00 bits per heavy atom. The van der Waals surface area contributed by atoms with Crippen molar-refractivity contribution in [2.24, 2.45) is 0 Å². The number of phenols is 1. The van der Waals surface area contributed by atoms with Crippen LogP contribution in [0.2, 0.25) is 0 Å². The van der Waals surface area contributed by atoms with E-state index in [9.17, 15) is 9.90 Å². The van der Waals surface area contributed by atoms with Crippen LogP contribution < -0.4 is 0 Å². The Morgan fingerprint density at radius 3 is 2.59 bits per heavy atom. The van der Waals surface area contributed by atoms with Gasteiger partial charge in [-0.1, -0.05) is 19.3 Å². The van der Waals surface area contributed by atoms with Gasteiger partial charge in [-0.3, -0.25) is 0 Å². The summed E-state index contributed by atoms with van der Waals surface area (Å²) in [6.07, 6.45) is 5.99. The smallest absolute Gasteiger partial charge is 0.340 e. The molecular weight excluding hydrogens is 455 g/mol. The molecule has 1 saturated carbocycles. The molecule has 1 fully saturated rings. The predicted molar refractivity (Wildman–Crippen MR) is 117 cm³/mol. The first kappa shape index (κ1) is 20.5. The minimum Gasteiger partial charge on any atom is -0.506 e. The van der Waals surface area contributed by atoms with Crippen LogP contribution in [-0.2, 0) is 11.3 Å². The van der Waals surface area contributed by atoms with Gasteiger partial charge in [0.15, 0.2) is 0 Å². The Hall–Kier alpha value is -1.28. The van der Waals surface area contributed by atoms with Gasteiger partial charge in [-0.2, -0.15) is 0 Å². The molecule has 0 radical (unpaired) electrons. The van der Waals surface area contributed by atoms with Crippen LogP contribution in [0.1, 0.15) is 66.7 Å². The number of halogens is 1. The summed E-state index contributed by atoms with van der Waals surface area (Å²) in [5.41, 5.74) is 3.42. The van der Waals surface area contributed by atoms with Crippen molar-refractivity contribution in [3.05, 3.63) is 26.5 Å². The van der Waals surface area contributed by atoms with Crippen LogP contribution in [0.5, 0.6) is 5.75 Å². The van der Waals surface area contributed by atoms with Crippen LogP contribution in [0.15, 0.2) is 6.07 Å². The standard InChI is InChI=1S/C21H29IN2O3/c1-5-27-21(26)18-13(2)24(14-9-7-6-8-10-14)17-11-16(22)20(25)15(19(17)18)12-23(3)4/h11,14,25H,5-10,12H2,1-4H3. The molecule has 1 N–H and O–H groups in total. The number of aromatic hydroxyl groups is 1. The zero-order chi connectivity index (χ0) is 19.7. The highest BCUT2D eigenvalue weighted by Gasteiger charge is 2.29. The van der Waals surface area contributed by atoms with Gasteiger partial charge in [-0.05, 0) is 69.4 Å². The monoisotopic (exact) mass is 484 g/mol. The van der Waals surface area contributed by atoms with Crippen molar-refractivity contribution in [3.63, 3.8) is 0 Å². The summed E-state index contributed by atoms with van der Waals surface area (Å²) in [6, 6.07) is 2.42. The van der Waals surface area contributed by atoms with Crippen molar-refractivity contribution in [3.8, 4) is 5.75 Å². The molecule has 0 unspecified atom stereocenters. The van der Waals surface area contributed by atoms with Gasteiger partial charge in [0.1, 0.15) is 5.75 Å². The lowest BCUT2D eigenvalue weighted by Crippen LogP contribution is -2.15.